The van der Waals surface area contributed by atoms with Crippen molar-refractivity contribution in [2.24, 2.45) is 5.41 Å². The Morgan fingerprint density at radius 2 is 1.94 bits per heavy atom. The molecule has 0 bridgehead atoms. The average Bonchev–Trinajstić information content (AvgIpc) is 2.28. The van der Waals surface area contributed by atoms with Gasteiger partial charge in [0.05, 0.1) is 11.0 Å². The normalized spacial score (nSPS) is 11.1. The van der Waals surface area contributed by atoms with Crippen molar-refractivity contribution >= 4 is 11.8 Å². The molecule has 0 saturated heterocycles. The lowest BCUT2D eigenvalue weighted by molar-refractivity contribution is -0.144. The van der Waals surface area contributed by atoms with E-state index in [1.54, 1.807) is 13.8 Å². The Morgan fingerprint density at radius 3 is 2.39 bits per heavy atom. The first kappa shape index (κ1) is 14.2. The summed E-state index contributed by atoms with van der Waals surface area (Å²) in [5.74, 6) is -0.537. The van der Waals surface area contributed by atoms with Crippen molar-refractivity contribution in [3.8, 4) is 11.5 Å². The molecule has 0 saturated carbocycles. The van der Waals surface area contributed by atoms with E-state index in [0.717, 1.165) is 0 Å². The van der Waals surface area contributed by atoms with Gasteiger partial charge in [0.2, 0.25) is 0 Å². The number of aromatic hydroxyl groups is 1. The molecule has 0 amide bonds. The van der Waals surface area contributed by atoms with Gasteiger partial charge in [-0.3, -0.25) is 9.59 Å². The van der Waals surface area contributed by atoms with Crippen LogP contribution in [0.1, 0.15) is 44.5 Å². The zero-order valence-corrected chi connectivity index (χ0v) is 11.1. The number of carbonyl (C=O) groups is 2. The molecule has 0 aliphatic rings. The molecule has 18 heavy (non-hydrogen) atoms. The van der Waals surface area contributed by atoms with Gasteiger partial charge >= 0.3 is 5.97 Å². The highest BCUT2D eigenvalue weighted by molar-refractivity contribution is 5.97. The highest BCUT2D eigenvalue weighted by Gasteiger charge is 2.27. The van der Waals surface area contributed by atoms with E-state index < -0.39 is 5.41 Å². The largest absolute Gasteiger partial charge is 0.507 e. The molecule has 0 unspecified atom stereocenters. The van der Waals surface area contributed by atoms with E-state index in [4.69, 9.17) is 4.74 Å². The number of phenols is 1. The van der Waals surface area contributed by atoms with Crippen molar-refractivity contribution < 1.29 is 19.4 Å². The Balaban J connectivity index is 2.91. The predicted molar refractivity (Wildman–Crippen MR) is 67.8 cm³/mol. The molecular formula is C14H18O4. The lowest BCUT2D eigenvalue weighted by atomic mass is 9.91. The Kier molecular flexibility index (Phi) is 4.11. The quantitative estimate of drug-likeness (QED) is 0.507. The Hall–Kier alpha value is -1.84. The van der Waals surface area contributed by atoms with Crippen LogP contribution in [0.15, 0.2) is 18.2 Å². The second-order valence-corrected chi connectivity index (χ2v) is 4.86. The predicted octanol–water partition coefficient (Wildman–Crippen LogP) is 2.94. The Morgan fingerprint density at radius 1 is 1.33 bits per heavy atom. The SMILES string of the molecule is CCC(C)(C)C(=O)Oc1ccc(C(C)=O)c(O)c1. The molecule has 1 aromatic carbocycles. The van der Waals surface area contributed by atoms with E-state index in [9.17, 15) is 14.7 Å². The van der Waals surface area contributed by atoms with E-state index in [-0.39, 0.29) is 28.8 Å². The van der Waals surface area contributed by atoms with Crippen molar-refractivity contribution in [2.75, 3.05) is 0 Å². The molecule has 0 fully saturated rings. The lowest BCUT2D eigenvalue weighted by Crippen LogP contribution is -2.28. The third-order valence-corrected chi connectivity index (χ3v) is 3.00. The fourth-order valence-corrected chi connectivity index (χ4v) is 1.26. The van der Waals surface area contributed by atoms with Gasteiger partial charge in [-0.1, -0.05) is 6.92 Å². The molecule has 1 N–H and O–H groups in total. The van der Waals surface area contributed by atoms with Crippen molar-refractivity contribution in [2.45, 2.75) is 34.1 Å². The first-order chi connectivity index (χ1) is 8.27. The second-order valence-electron chi connectivity index (χ2n) is 4.86. The Labute approximate surface area is 107 Å². The summed E-state index contributed by atoms with van der Waals surface area (Å²) < 4.78 is 5.18. The molecule has 0 radical (unpaired) electrons. The third-order valence-electron chi connectivity index (χ3n) is 3.00. The van der Waals surface area contributed by atoms with Gasteiger partial charge in [0, 0.05) is 6.07 Å². The molecule has 1 rings (SSSR count). The maximum Gasteiger partial charge on any atom is 0.316 e. The fraction of sp³-hybridized carbons (Fsp3) is 0.429. The first-order valence-electron chi connectivity index (χ1n) is 5.84. The number of ketones is 1. The maximum atomic E-state index is 11.8. The summed E-state index contributed by atoms with van der Waals surface area (Å²) >= 11 is 0. The van der Waals surface area contributed by atoms with Crippen molar-refractivity contribution in [3.63, 3.8) is 0 Å². The average molecular weight is 250 g/mol. The fourth-order valence-electron chi connectivity index (χ4n) is 1.26. The van der Waals surface area contributed by atoms with Crippen LogP contribution in [0.3, 0.4) is 0 Å². The molecule has 0 spiro atoms. The molecule has 0 atom stereocenters. The van der Waals surface area contributed by atoms with E-state index in [1.165, 1.54) is 25.1 Å². The Bertz CT molecular complexity index is 475. The van der Waals surface area contributed by atoms with Gasteiger partial charge in [-0.25, -0.2) is 0 Å². The minimum absolute atomic E-state index is 0.179. The second kappa shape index (κ2) is 5.21. The van der Waals surface area contributed by atoms with Gasteiger partial charge in [0.1, 0.15) is 11.5 Å². The van der Waals surface area contributed by atoms with Crippen molar-refractivity contribution in [1.29, 1.82) is 0 Å². The molecule has 0 aromatic heterocycles. The van der Waals surface area contributed by atoms with Gasteiger partial charge in [-0.15, -0.1) is 0 Å². The van der Waals surface area contributed by atoms with E-state index in [0.29, 0.717) is 6.42 Å². The minimum Gasteiger partial charge on any atom is -0.507 e. The summed E-state index contributed by atoms with van der Waals surface area (Å²) in [4.78, 5) is 23.0. The van der Waals surface area contributed by atoms with Crippen molar-refractivity contribution in [1.82, 2.24) is 0 Å². The summed E-state index contributed by atoms with van der Waals surface area (Å²) in [5.41, 5.74) is -0.362. The highest BCUT2D eigenvalue weighted by Crippen LogP contribution is 2.27. The minimum atomic E-state index is -0.575. The highest BCUT2D eigenvalue weighted by atomic mass is 16.5. The first-order valence-corrected chi connectivity index (χ1v) is 5.84. The molecular weight excluding hydrogens is 232 g/mol. The lowest BCUT2D eigenvalue weighted by Gasteiger charge is -2.20. The number of benzene rings is 1. The summed E-state index contributed by atoms with van der Waals surface area (Å²) in [6.45, 7) is 6.84. The monoisotopic (exact) mass is 250 g/mol. The third kappa shape index (κ3) is 3.09. The number of esters is 1. The smallest absolute Gasteiger partial charge is 0.316 e. The number of rotatable bonds is 4. The molecule has 0 aliphatic heterocycles. The van der Waals surface area contributed by atoms with Crippen LogP contribution in [0.5, 0.6) is 11.5 Å². The van der Waals surface area contributed by atoms with Crippen LogP contribution >= 0.6 is 0 Å². The summed E-state index contributed by atoms with van der Waals surface area (Å²) in [6, 6.07) is 4.22. The van der Waals surface area contributed by atoms with Crippen LogP contribution in [0.2, 0.25) is 0 Å². The standard InChI is InChI=1S/C14H18O4/c1-5-14(3,4)13(17)18-10-6-7-11(9(2)15)12(16)8-10/h6-8,16H,5H2,1-4H3. The van der Waals surface area contributed by atoms with Gasteiger partial charge in [-0.05, 0) is 39.3 Å². The van der Waals surface area contributed by atoms with Gasteiger partial charge in [0.25, 0.3) is 0 Å². The molecule has 4 nitrogen and oxygen atoms in total. The van der Waals surface area contributed by atoms with Crippen LogP contribution in [0, 0.1) is 5.41 Å². The van der Waals surface area contributed by atoms with E-state index >= 15 is 0 Å². The van der Waals surface area contributed by atoms with Crippen LogP contribution in [-0.2, 0) is 4.79 Å². The summed E-state index contributed by atoms with van der Waals surface area (Å²) in [6.07, 6.45) is 0.656. The summed E-state index contributed by atoms with van der Waals surface area (Å²) in [5, 5.41) is 9.62. The topological polar surface area (TPSA) is 63.6 Å². The number of hydrogen-bond donors (Lipinski definition) is 1. The molecule has 0 aliphatic carbocycles. The number of ether oxygens (including phenoxy) is 1. The number of carbonyl (C=O) groups excluding carboxylic acids is 2. The zero-order chi connectivity index (χ0) is 13.9. The molecule has 1 aromatic rings. The van der Waals surface area contributed by atoms with Crippen molar-refractivity contribution in [3.05, 3.63) is 23.8 Å². The van der Waals surface area contributed by atoms with Crippen LogP contribution in [0.4, 0.5) is 0 Å². The van der Waals surface area contributed by atoms with Crippen LogP contribution < -0.4 is 4.74 Å². The van der Waals surface area contributed by atoms with Gasteiger partial charge in [-0.2, -0.15) is 0 Å². The van der Waals surface area contributed by atoms with E-state index in [2.05, 4.69) is 0 Å². The van der Waals surface area contributed by atoms with Crippen LogP contribution in [0.25, 0.3) is 0 Å². The number of hydrogen-bond acceptors (Lipinski definition) is 4. The summed E-state index contributed by atoms with van der Waals surface area (Å²) in [7, 11) is 0. The van der Waals surface area contributed by atoms with E-state index in [1.807, 2.05) is 6.92 Å². The number of Topliss-reactive ketones (excluding diaryl/α,β-unsaturated/α-hetero) is 1. The molecule has 0 heterocycles. The maximum absolute atomic E-state index is 11.8. The number of phenolic OH excluding ortho intramolecular Hbond substituents is 1. The molecule has 4 heteroatoms. The molecule has 98 valence electrons. The van der Waals surface area contributed by atoms with Gasteiger partial charge in [0.15, 0.2) is 5.78 Å². The van der Waals surface area contributed by atoms with Crippen LogP contribution in [-0.4, -0.2) is 16.9 Å². The van der Waals surface area contributed by atoms with Gasteiger partial charge < -0.3 is 9.84 Å². The zero-order valence-electron chi connectivity index (χ0n) is 11.1.